The van der Waals surface area contributed by atoms with Gasteiger partial charge in [-0.15, -0.1) is 0 Å². The molecule has 0 aliphatic carbocycles. The van der Waals surface area contributed by atoms with Crippen LogP contribution < -0.4 is 10.6 Å². The molecule has 90 valence electrons. The predicted molar refractivity (Wildman–Crippen MR) is 69.2 cm³/mol. The summed E-state index contributed by atoms with van der Waals surface area (Å²) in [6.45, 7) is 4.40. The van der Waals surface area contributed by atoms with Crippen LogP contribution in [0.5, 0.6) is 0 Å². The smallest absolute Gasteiger partial charge is 0.253 e. The zero-order chi connectivity index (χ0) is 12.1. The molecule has 3 N–H and O–H groups in total. The number of hydrogen-bond acceptors (Lipinski definition) is 2. The summed E-state index contributed by atoms with van der Waals surface area (Å²) < 4.78 is 0. The van der Waals surface area contributed by atoms with Gasteiger partial charge in [0, 0.05) is 30.2 Å². The first kappa shape index (κ1) is 11.7. The number of para-hydroxylation sites is 1. The number of H-pyrrole nitrogens is 1. The van der Waals surface area contributed by atoms with Crippen molar-refractivity contribution >= 4 is 16.8 Å². The van der Waals surface area contributed by atoms with Gasteiger partial charge in [0.1, 0.15) is 0 Å². The number of nitrogens with one attached hydrogen (secondary N) is 3. The Hall–Kier alpha value is -1.81. The molecule has 0 fully saturated rings. The van der Waals surface area contributed by atoms with E-state index in [0.29, 0.717) is 12.1 Å². The van der Waals surface area contributed by atoms with Crippen molar-refractivity contribution in [1.29, 1.82) is 0 Å². The fraction of sp³-hybridized carbons (Fsp3) is 0.308. The average Bonchev–Trinajstić information content (AvgIpc) is 2.78. The molecule has 4 nitrogen and oxygen atoms in total. The van der Waals surface area contributed by atoms with Crippen molar-refractivity contribution < 1.29 is 4.79 Å². The Labute approximate surface area is 100 Å². The topological polar surface area (TPSA) is 56.9 Å². The van der Waals surface area contributed by atoms with E-state index in [2.05, 4.69) is 15.6 Å². The van der Waals surface area contributed by atoms with Crippen molar-refractivity contribution in [2.75, 3.05) is 19.6 Å². The second-order valence-electron chi connectivity index (χ2n) is 3.86. The van der Waals surface area contributed by atoms with Crippen LogP contribution in [0.3, 0.4) is 0 Å². The standard InChI is InChI=1S/C13H17N3O/c1-2-14-7-8-15-13(17)11-9-16-12-6-4-3-5-10(11)12/h3-6,9,14,16H,2,7-8H2,1H3,(H,15,17). The number of hydrogen-bond donors (Lipinski definition) is 3. The van der Waals surface area contributed by atoms with Gasteiger partial charge < -0.3 is 15.6 Å². The Bertz CT molecular complexity index is 504. The Balaban J connectivity index is 2.04. The summed E-state index contributed by atoms with van der Waals surface area (Å²) in [5, 5.41) is 7.02. The van der Waals surface area contributed by atoms with Gasteiger partial charge in [-0.25, -0.2) is 0 Å². The molecule has 0 spiro atoms. The normalized spacial score (nSPS) is 10.6. The zero-order valence-corrected chi connectivity index (χ0v) is 9.92. The van der Waals surface area contributed by atoms with Gasteiger partial charge in [-0.2, -0.15) is 0 Å². The van der Waals surface area contributed by atoms with Gasteiger partial charge in [0.25, 0.3) is 5.91 Å². The molecule has 0 radical (unpaired) electrons. The molecule has 0 aliphatic rings. The minimum atomic E-state index is -0.0275. The Morgan fingerprint density at radius 2 is 2.12 bits per heavy atom. The third-order valence-corrected chi connectivity index (χ3v) is 2.67. The maximum absolute atomic E-state index is 11.9. The molecule has 1 aromatic carbocycles. The third-order valence-electron chi connectivity index (χ3n) is 2.67. The quantitative estimate of drug-likeness (QED) is 0.683. The number of aromatic amines is 1. The van der Waals surface area contributed by atoms with E-state index in [9.17, 15) is 4.79 Å². The molecule has 2 aromatic rings. The van der Waals surface area contributed by atoms with Crippen molar-refractivity contribution in [1.82, 2.24) is 15.6 Å². The minimum Gasteiger partial charge on any atom is -0.360 e. The van der Waals surface area contributed by atoms with Crippen molar-refractivity contribution in [3.63, 3.8) is 0 Å². The highest BCUT2D eigenvalue weighted by Crippen LogP contribution is 2.17. The van der Waals surface area contributed by atoms with Crippen LogP contribution in [-0.2, 0) is 0 Å². The van der Waals surface area contributed by atoms with Crippen molar-refractivity contribution in [3.8, 4) is 0 Å². The lowest BCUT2D eigenvalue weighted by molar-refractivity contribution is 0.0955. The molecule has 1 amide bonds. The van der Waals surface area contributed by atoms with Gasteiger partial charge in [-0.3, -0.25) is 4.79 Å². The molecular weight excluding hydrogens is 214 g/mol. The highest BCUT2D eigenvalue weighted by Gasteiger charge is 2.10. The van der Waals surface area contributed by atoms with E-state index in [4.69, 9.17) is 0 Å². The molecule has 4 heteroatoms. The SMILES string of the molecule is CCNCCNC(=O)c1c[nH]c2ccccc12. The van der Waals surface area contributed by atoms with Crippen LogP contribution in [0.1, 0.15) is 17.3 Å². The summed E-state index contributed by atoms with van der Waals surface area (Å²) >= 11 is 0. The average molecular weight is 231 g/mol. The summed E-state index contributed by atoms with van der Waals surface area (Å²) in [7, 11) is 0. The van der Waals surface area contributed by atoms with Crippen LogP contribution in [0.4, 0.5) is 0 Å². The minimum absolute atomic E-state index is 0.0275. The largest absolute Gasteiger partial charge is 0.360 e. The monoisotopic (exact) mass is 231 g/mol. The maximum atomic E-state index is 11.9. The van der Waals surface area contributed by atoms with E-state index < -0.39 is 0 Å². The first-order chi connectivity index (χ1) is 8.33. The zero-order valence-electron chi connectivity index (χ0n) is 9.92. The molecule has 2 rings (SSSR count). The van der Waals surface area contributed by atoms with Crippen molar-refractivity contribution in [3.05, 3.63) is 36.0 Å². The van der Waals surface area contributed by atoms with Gasteiger partial charge in [-0.05, 0) is 12.6 Å². The van der Waals surface area contributed by atoms with Crippen LogP contribution in [0.15, 0.2) is 30.5 Å². The fourth-order valence-corrected chi connectivity index (χ4v) is 1.80. The van der Waals surface area contributed by atoms with E-state index in [1.54, 1.807) is 6.20 Å². The number of carbonyl (C=O) groups is 1. The first-order valence-corrected chi connectivity index (χ1v) is 5.88. The highest BCUT2D eigenvalue weighted by atomic mass is 16.1. The molecule has 0 aliphatic heterocycles. The number of fused-ring (bicyclic) bond motifs is 1. The summed E-state index contributed by atoms with van der Waals surface area (Å²) in [5.41, 5.74) is 1.70. The maximum Gasteiger partial charge on any atom is 0.253 e. The number of aromatic nitrogens is 1. The van der Waals surface area contributed by atoms with Crippen LogP contribution in [0, 0.1) is 0 Å². The number of rotatable bonds is 5. The summed E-state index contributed by atoms with van der Waals surface area (Å²) in [6.07, 6.45) is 1.76. The summed E-state index contributed by atoms with van der Waals surface area (Å²) in [6, 6.07) is 7.80. The Morgan fingerprint density at radius 3 is 2.94 bits per heavy atom. The number of likely N-dealkylation sites (N-methyl/N-ethyl adjacent to an activating group) is 1. The van der Waals surface area contributed by atoms with Crippen LogP contribution in [-0.4, -0.2) is 30.5 Å². The second-order valence-corrected chi connectivity index (χ2v) is 3.86. The van der Waals surface area contributed by atoms with E-state index in [-0.39, 0.29) is 5.91 Å². The highest BCUT2D eigenvalue weighted by molar-refractivity contribution is 6.06. The molecule has 0 bridgehead atoms. The fourth-order valence-electron chi connectivity index (χ4n) is 1.80. The summed E-state index contributed by atoms with van der Waals surface area (Å²) in [5.74, 6) is -0.0275. The van der Waals surface area contributed by atoms with Crippen molar-refractivity contribution in [2.45, 2.75) is 6.92 Å². The predicted octanol–water partition coefficient (Wildman–Crippen LogP) is 1.51. The van der Waals surface area contributed by atoms with Gasteiger partial charge in [-0.1, -0.05) is 25.1 Å². The second kappa shape index (κ2) is 5.50. The molecule has 1 heterocycles. The number of amides is 1. The van der Waals surface area contributed by atoms with Gasteiger partial charge in [0.05, 0.1) is 5.56 Å². The molecule has 0 atom stereocenters. The lowest BCUT2D eigenvalue weighted by Gasteiger charge is -2.04. The lowest BCUT2D eigenvalue weighted by Crippen LogP contribution is -2.31. The van der Waals surface area contributed by atoms with Crippen LogP contribution >= 0.6 is 0 Å². The van der Waals surface area contributed by atoms with Gasteiger partial charge in [0.2, 0.25) is 0 Å². The van der Waals surface area contributed by atoms with Gasteiger partial charge in [0.15, 0.2) is 0 Å². The van der Waals surface area contributed by atoms with Crippen LogP contribution in [0.2, 0.25) is 0 Å². The first-order valence-electron chi connectivity index (χ1n) is 5.88. The Morgan fingerprint density at radius 1 is 1.29 bits per heavy atom. The van der Waals surface area contributed by atoms with E-state index in [1.165, 1.54) is 0 Å². The summed E-state index contributed by atoms with van der Waals surface area (Å²) in [4.78, 5) is 15.0. The van der Waals surface area contributed by atoms with E-state index >= 15 is 0 Å². The van der Waals surface area contributed by atoms with Crippen molar-refractivity contribution in [2.24, 2.45) is 0 Å². The van der Waals surface area contributed by atoms with Gasteiger partial charge >= 0.3 is 0 Å². The van der Waals surface area contributed by atoms with E-state index in [0.717, 1.165) is 24.0 Å². The van der Waals surface area contributed by atoms with Crippen LogP contribution in [0.25, 0.3) is 10.9 Å². The molecule has 17 heavy (non-hydrogen) atoms. The molecule has 1 aromatic heterocycles. The molecule has 0 saturated heterocycles. The molecule has 0 unspecified atom stereocenters. The molecule has 0 saturated carbocycles. The van der Waals surface area contributed by atoms with E-state index in [1.807, 2.05) is 31.2 Å². The third kappa shape index (κ3) is 2.65. The Kier molecular flexibility index (Phi) is 3.77. The lowest BCUT2D eigenvalue weighted by atomic mass is 10.1. The molecular formula is C13H17N3O. The number of carbonyl (C=O) groups excluding carboxylic acids is 1. The number of benzene rings is 1.